The standard InChI is InChI=1S/C25H27N3O3/c1-2-31-23-11-7-20(8-12-23)25(30)28-17-13-21(14-18-28)26-24(29)19-5-9-22(10-6-19)27-15-3-4-16-27/h3-12,15-16,21H,2,13-14,17-18H2,1H3,(H,26,29). The van der Waals surface area contributed by atoms with Crippen molar-refractivity contribution < 1.29 is 14.3 Å². The van der Waals surface area contributed by atoms with E-state index in [1.54, 1.807) is 12.1 Å². The third-order valence-electron chi connectivity index (χ3n) is 5.56. The Morgan fingerprint density at radius 1 is 0.935 bits per heavy atom. The highest BCUT2D eigenvalue weighted by atomic mass is 16.5. The topological polar surface area (TPSA) is 63.6 Å². The second kappa shape index (κ2) is 9.51. The van der Waals surface area contributed by atoms with E-state index in [0.717, 1.165) is 24.3 Å². The molecule has 2 heterocycles. The quantitative estimate of drug-likeness (QED) is 0.661. The molecule has 1 N–H and O–H groups in total. The molecule has 6 nitrogen and oxygen atoms in total. The molecule has 0 unspecified atom stereocenters. The van der Waals surface area contributed by atoms with Gasteiger partial charge in [0, 0.05) is 48.3 Å². The first-order valence-corrected chi connectivity index (χ1v) is 10.7. The van der Waals surface area contributed by atoms with Crippen LogP contribution in [0.5, 0.6) is 5.75 Å². The van der Waals surface area contributed by atoms with E-state index in [1.807, 2.05) is 77.3 Å². The molecule has 4 rings (SSSR count). The minimum absolute atomic E-state index is 0.0217. The molecule has 3 aromatic rings. The van der Waals surface area contributed by atoms with E-state index in [1.165, 1.54) is 0 Å². The van der Waals surface area contributed by atoms with E-state index >= 15 is 0 Å². The lowest BCUT2D eigenvalue weighted by Crippen LogP contribution is -2.46. The Morgan fingerprint density at radius 2 is 1.55 bits per heavy atom. The fourth-order valence-corrected chi connectivity index (χ4v) is 3.83. The maximum atomic E-state index is 12.7. The second-order valence-corrected chi connectivity index (χ2v) is 7.63. The van der Waals surface area contributed by atoms with Crippen LogP contribution in [0.4, 0.5) is 0 Å². The summed E-state index contributed by atoms with van der Waals surface area (Å²) in [6.45, 7) is 3.79. The highest BCUT2D eigenvalue weighted by Gasteiger charge is 2.25. The van der Waals surface area contributed by atoms with Gasteiger partial charge in [0.2, 0.25) is 0 Å². The van der Waals surface area contributed by atoms with Gasteiger partial charge in [0.1, 0.15) is 5.75 Å². The summed E-state index contributed by atoms with van der Waals surface area (Å²) in [7, 11) is 0. The first-order chi connectivity index (χ1) is 15.1. The molecule has 0 spiro atoms. The van der Waals surface area contributed by atoms with Gasteiger partial charge in [-0.05, 0) is 80.4 Å². The maximum Gasteiger partial charge on any atom is 0.253 e. The van der Waals surface area contributed by atoms with Gasteiger partial charge < -0.3 is 19.5 Å². The molecular weight excluding hydrogens is 390 g/mol. The molecule has 1 fully saturated rings. The van der Waals surface area contributed by atoms with Crippen LogP contribution in [-0.2, 0) is 0 Å². The first kappa shape index (κ1) is 20.7. The monoisotopic (exact) mass is 417 g/mol. The molecule has 0 aliphatic carbocycles. The number of hydrogen-bond donors (Lipinski definition) is 1. The Morgan fingerprint density at radius 3 is 2.16 bits per heavy atom. The Hall–Kier alpha value is -3.54. The molecule has 0 bridgehead atoms. The third-order valence-corrected chi connectivity index (χ3v) is 5.56. The summed E-state index contributed by atoms with van der Waals surface area (Å²) in [5.74, 6) is 0.714. The fraction of sp³-hybridized carbons (Fsp3) is 0.280. The summed E-state index contributed by atoms with van der Waals surface area (Å²) in [5.41, 5.74) is 2.32. The average molecular weight is 418 g/mol. The van der Waals surface area contributed by atoms with Crippen LogP contribution >= 0.6 is 0 Å². The Labute approximate surface area is 182 Å². The highest BCUT2D eigenvalue weighted by molar-refractivity contribution is 5.95. The molecule has 160 valence electrons. The summed E-state index contributed by atoms with van der Waals surface area (Å²) in [5, 5.41) is 3.11. The second-order valence-electron chi connectivity index (χ2n) is 7.63. The minimum atomic E-state index is -0.0738. The number of benzene rings is 2. The molecule has 2 amide bonds. The van der Waals surface area contributed by atoms with Crippen molar-refractivity contribution in [1.29, 1.82) is 0 Å². The molecule has 1 aromatic heterocycles. The van der Waals surface area contributed by atoms with Crippen LogP contribution in [0.25, 0.3) is 5.69 Å². The van der Waals surface area contributed by atoms with Crippen LogP contribution in [0.2, 0.25) is 0 Å². The Kier molecular flexibility index (Phi) is 6.36. The fourth-order valence-electron chi connectivity index (χ4n) is 3.83. The summed E-state index contributed by atoms with van der Waals surface area (Å²) < 4.78 is 7.43. The Balaban J connectivity index is 1.28. The zero-order chi connectivity index (χ0) is 21.6. The molecule has 1 saturated heterocycles. The van der Waals surface area contributed by atoms with Gasteiger partial charge in [-0.15, -0.1) is 0 Å². The largest absolute Gasteiger partial charge is 0.494 e. The predicted molar refractivity (Wildman–Crippen MR) is 120 cm³/mol. The molecule has 31 heavy (non-hydrogen) atoms. The minimum Gasteiger partial charge on any atom is -0.494 e. The number of nitrogens with zero attached hydrogens (tertiary/aromatic N) is 2. The summed E-state index contributed by atoms with van der Waals surface area (Å²) in [4.78, 5) is 27.2. The van der Waals surface area contributed by atoms with Gasteiger partial charge in [0.05, 0.1) is 6.61 Å². The molecule has 2 aromatic carbocycles. The molecule has 1 aliphatic rings. The number of carbonyl (C=O) groups excluding carboxylic acids is 2. The molecule has 6 heteroatoms. The number of likely N-dealkylation sites (tertiary alicyclic amines) is 1. The van der Waals surface area contributed by atoms with Crippen LogP contribution in [0.15, 0.2) is 73.1 Å². The number of carbonyl (C=O) groups is 2. The van der Waals surface area contributed by atoms with Gasteiger partial charge in [-0.3, -0.25) is 9.59 Å². The number of hydrogen-bond acceptors (Lipinski definition) is 3. The van der Waals surface area contributed by atoms with Crippen LogP contribution in [-0.4, -0.2) is 47.0 Å². The first-order valence-electron chi connectivity index (χ1n) is 10.7. The Bertz CT molecular complexity index is 1000. The average Bonchev–Trinajstić information content (AvgIpc) is 3.35. The van der Waals surface area contributed by atoms with Gasteiger partial charge >= 0.3 is 0 Å². The van der Waals surface area contributed by atoms with Crippen molar-refractivity contribution in [3.63, 3.8) is 0 Å². The van der Waals surface area contributed by atoms with E-state index < -0.39 is 0 Å². The van der Waals surface area contributed by atoms with Crippen LogP contribution in [0, 0.1) is 0 Å². The van der Waals surface area contributed by atoms with Crippen molar-refractivity contribution in [1.82, 2.24) is 14.8 Å². The number of piperidine rings is 1. The van der Waals surface area contributed by atoms with Gasteiger partial charge in [-0.25, -0.2) is 0 Å². The third kappa shape index (κ3) is 4.97. The highest BCUT2D eigenvalue weighted by Crippen LogP contribution is 2.18. The molecule has 0 radical (unpaired) electrons. The zero-order valence-corrected chi connectivity index (χ0v) is 17.7. The van der Waals surface area contributed by atoms with Crippen molar-refractivity contribution in [3.8, 4) is 11.4 Å². The summed E-state index contributed by atoms with van der Waals surface area (Å²) in [6.07, 6.45) is 5.43. The molecule has 0 atom stereocenters. The zero-order valence-electron chi connectivity index (χ0n) is 17.7. The van der Waals surface area contributed by atoms with E-state index in [0.29, 0.717) is 30.8 Å². The van der Waals surface area contributed by atoms with Crippen molar-refractivity contribution in [2.24, 2.45) is 0 Å². The number of amides is 2. The maximum absolute atomic E-state index is 12.7. The van der Waals surface area contributed by atoms with E-state index in [4.69, 9.17) is 4.74 Å². The van der Waals surface area contributed by atoms with Gasteiger partial charge in [0.15, 0.2) is 0 Å². The normalized spacial score (nSPS) is 14.3. The molecule has 1 aliphatic heterocycles. The SMILES string of the molecule is CCOc1ccc(C(=O)N2CCC(NC(=O)c3ccc(-n4cccc4)cc3)CC2)cc1. The predicted octanol–water partition coefficient (Wildman–Crippen LogP) is 3.91. The number of aromatic nitrogens is 1. The van der Waals surface area contributed by atoms with Crippen molar-refractivity contribution in [2.75, 3.05) is 19.7 Å². The number of nitrogens with one attached hydrogen (secondary N) is 1. The van der Waals surface area contributed by atoms with E-state index in [9.17, 15) is 9.59 Å². The van der Waals surface area contributed by atoms with Crippen LogP contribution in [0.1, 0.15) is 40.5 Å². The van der Waals surface area contributed by atoms with Crippen molar-refractivity contribution in [3.05, 3.63) is 84.2 Å². The van der Waals surface area contributed by atoms with Crippen molar-refractivity contribution in [2.45, 2.75) is 25.8 Å². The lowest BCUT2D eigenvalue weighted by molar-refractivity contribution is 0.0698. The van der Waals surface area contributed by atoms with Gasteiger partial charge in [0.25, 0.3) is 11.8 Å². The molecular formula is C25H27N3O3. The van der Waals surface area contributed by atoms with E-state index in [2.05, 4.69) is 5.32 Å². The van der Waals surface area contributed by atoms with Crippen LogP contribution < -0.4 is 10.1 Å². The van der Waals surface area contributed by atoms with Gasteiger partial charge in [-0.1, -0.05) is 0 Å². The smallest absolute Gasteiger partial charge is 0.253 e. The van der Waals surface area contributed by atoms with Crippen LogP contribution in [0.3, 0.4) is 0 Å². The van der Waals surface area contributed by atoms with E-state index in [-0.39, 0.29) is 17.9 Å². The number of ether oxygens (including phenoxy) is 1. The van der Waals surface area contributed by atoms with Crippen molar-refractivity contribution >= 4 is 11.8 Å². The number of rotatable bonds is 6. The summed E-state index contributed by atoms with van der Waals surface area (Å²) in [6, 6.07) is 18.8. The summed E-state index contributed by atoms with van der Waals surface area (Å²) >= 11 is 0. The lowest BCUT2D eigenvalue weighted by atomic mass is 10.0. The lowest BCUT2D eigenvalue weighted by Gasteiger charge is -2.32. The molecule has 0 saturated carbocycles. The van der Waals surface area contributed by atoms with Gasteiger partial charge in [-0.2, -0.15) is 0 Å².